The lowest BCUT2D eigenvalue weighted by Crippen LogP contribution is -1.88. The molecule has 3 heteroatoms. The Hall–Kier alpha value is -3.33. The molecule has 0 unspecified atom stereocenters. The third-order valence-corrected chi connectivity index (χ3v) is 3.61. The van der Waals surface area contributed by atoms with Gasteiger partial charge in [-0.25, -0.2) is 0 Å². The van der Waals surface area contributed by atoms with Crippen molar-refractivity contribution in [2.75, 3.05) is 0 Å². The van der Waals surface area contributed by atoms with Crippen molar-refractivity contribution in [2.24, 2.45) is 9.98 Å². The summed E-state index contributed by atoms with van der Waals surface area (Å²) in [6.45, 7) is 0. The molecule has 0 aliphatic rings. The Morgan fingerprint density at radius 1 is 0.760 bits per heavy atom. The van der Waals surface area contributed by atoms with E-state index in [1.54, 1.807) is 12.4 Å². The van der Waals surface area contributed by atoms with Crippen molar-refractivity contribution in [1.29, 1.82) is 0 Å². The molecule has 0 fully saturated rings. The van der Waals surface area contributed by atoms with E-state index in [0.717, 1.165) is 28.9 Å². The first kappa shape index (κ1) is 16.5. The molecule has 0 bridgehead atoms. The van der Waals surface area contributed by atoms with E-state index in [1.807, 2.05) is 91.3 Å². The molecule has 0 spiro atoms. The minimum atomic E-state index is 0.722. The highest BCUT2D eigenvalue weighted by atomic mass is 14.7. The third-order valence-electron chi connectivity index (χ3n) is 3.61. The molecule has 122 valence electrons. The first-order valence-electron chi connectivity index (χ1n) is 8.18. The van der Waals surface area contributed by atoms with Crippen LogP contribution in [-0.2, 0) is 0 Å². The van der Waals surface area contributed by atoms with Gasteiger partial charge in [0.2, 0.25) is 0 Å². The summed E-state index contributed by atoms with van der Waals surface area (Å²) in [5.41, 5.74) is 4.15. The average Bonchev–Trinajstić information content (AvgIpc) is 2.69. The molecule has 0 amide bonds. The van der Waals surface area contributed by atoms with Crippen molar-refractivity contribution >= 4 is 29.4 Å². The Morgan fingerprint density at radius 2 is 1.36 bits per heavy atom. The lowest BCUT2D eigenvalue weighted by atomic mass is 10.0. The van der Waals surface area contributed by atoms with Gasteiger partial charge in [0.1, 0.15) is 0 Å². The third kappa shape index (κ3) is 5.36. The summed E-state index contributed by atoms with van der Waals surface area (Å²) in [4.78, 5) is 13.1. The smallest absolute Gasteiger partial charge is 0.0629 e. The van der Waals surface area contributed by atoms with Crippen LogP contribution < -0.4 is 0 Å². The first-order valence-corrected chi connectivity index (χ1v) is 8.18. The van der Waals surface area contributed by atoms with Crippen molar-refractivity contribution in [2.45, 2.75) is 6.42 Å². The molecule has 1 aromatic heterocycles. The van der Waals surface area contributed by atoms with Gasteiger partial charge in [0.05, 0.1) is 11.4 Å². The normalized spacial score (nSPS) is 12.1. The second-order valence-electron chi connectivity index (χ2n) is 5.39. The molecular weight excluding hydrogens is 306 g/mol. The molecule has 0 aliphatic heterocycles. The van der Waals surface area contributed by atoms with Crippen molar-refractivity contribution < 1.29 is 0 Å². The largest absolute Gasteiger partial charge is 0.265 e. The highest BCUT2D eigenvalue weighted by Crippen LogP contribution is 2.17. The van der Waals surface area contributed by atoms with Gasteiger partial charge in [-0.2, -0.15) is 0 Å². The molecule has 2 aromatic carbocycles. The summed E-state index contributed by atoms with van der Waals surface area (Å²) in [5.74, 6) is 0. The number of rotatable bonds is 6. The number of benzene rings is 2. The standard InChI is InChI=1S/C22H19N3/c1-3-7-21(8-4-1)24-17-13-20(19-11-15-23-16-12-19)14-18-25-22-9-5-2-6-10-22/h1-13,15-18H,14H2. The maximum Gasteiger partial charge on any atom is 0.0629 e. The van der Waals surface area contributed by atoms with Crippen LogP contribution in [0.3, 0.4) is 0 Å². The summed E-state index contributed by atoms with van der Waals surface area (Å²) in [6.07, 6.45) is 10.1. The predicted molar refractivity (Wildman–Crippen MR) is 106 cm³/mol. The fourth-order valence-electron chi connectivity index (χ4n) is 2.34. The topological polar surface area (TPSA) is 37.6 Å². The molecule has 0 aliphatic carbocycles. The van der Waals surface area contributed by atoms with Crippen LogP contribution in [0.25, 0.3) is 5.57 Å². The average molecular weight is 325 g/mol. The summed E-state index contributed by atoms with van der Waals surface area (Å²) >= 11 is 0. The van der Waals surface area contributed by atoms with Crippen LogP contribution in [0.4, 0.5) is 11.4 Å². The summed E-state index contributed by atoms with van der Waals surface area (Å²) in [5, 5.41) is 0. The van der Waals surface area contributed by atoms with Gasteiger partial charge in [-0.3, -0.25) is 15.0 Å². The van der Waals surface area contributed by atoms with Crippen LogP contribution >= 0.6 is 0 Å². The minimum Gasteiger partial charge on any atom is -0.265 e. The van der Waals surface area contributed by atoms with E-state index in [4.69, 9.17) is 0 Å². The maximum atomic E-state index is 4.51. The van der Waals surface area contributed by atoms with E-state index < -0.39 is 0 Å². The summed E-state index contributed by atoms with van der Waals surface area (Å²) < 4.78 is 0. The number of allylic oxidation sites excluding steroid dienone is 2. The molecule has 3 nitrogen and oxygen atoms in total. The van der Waals surface area contributed by atoms with Gasteiger partial charge < -0.3 is 0 Å². The molecular formula is C22H19N3. The zero-order chi connectivity index (χ0) is 17.2. The SMILES string of the molecule is C(C=C(CC=Nc1ccccc1)c1ccncc1)=Nc1ccccc1. The molecule has 0 N–H and O–H groups in total. The quantitative estimate of drug-likeness (QED) is 0.539. The predicted octanol–water partition coefficient (Wildman–Crippen LogP) is 5.66. The number of hydrogen-bond acceptors (Lipinski definition) is 3. The van der Waals surface area contributed by atoms with E-state index in [0.29, 0.717) is 0 Å². The van der Waals surface area contributed by atoms with E-state index >= 15 is 0 Å². The van der Waals surface area contributed by atoms with E-state index in [9.17, 15) is 0 Å². The van der Waals surface area contributed by atoms with Crippen LogP contribution in [0.5, 0.6) is 0 Å². The molecule has 3 rings (SSSR count). The first-order chi connectivity index (χ1) is 12.4. The zero-order valence-corrected chi connectivity index (χ0v) is 13.9. The molecule has 0 saturated carbocycles. The van der Waals surface area contributed by atoms with Gasteiger partial charge in [0.15, 0.2) is 0 Å². The molecule has 3 aromatic rings. The van der Waals surface area contributed by atoms with Gasteiger partial charge >= 0.3 is 0 Å². The van der Waals surface area contributed by atoms with Crippen LogP contribution in [-0.4, -0.2) is 17.4 Å². The fourth-order valence-corrected chi connectivity index (χ4v) is 2.34. The molecule has 25 heavy (non-hydrogen) atoms. The van der Waals surface area contributed by atoms with Crippen LogP contribution in [0.2, 0.25) is 0 Å². The zero-order valence-electron chi connectivity index (χ0n) is 13.9. The van der Waals surface area contributed by atoms with Gasteiger partial charge in [-0.15, -0.1) is 0 Å². The maximum absolute atomic E-state index is 4.51. The second-order valence-corrected chi connectivity index (χ2v) is 5.39. The number of para-hydroxylation sites is 2. The summed E-state index contributed by atoms with van der Waals surface area (Å²) in [7, 11) is 0. The Kier molecular flexibility index (Phi) is 6.01. The van der Waals surface area contributed by atoms with E-state index in [1.165, 1.54) is 0 Å². The van der Waals surface area contributed by atoms with Crippen molar-refractivity contribution in [3.63, 3.8) is 0 Å². The number of aliphatic imine (C=N–C) groups is 2. The van der Waals surface area contributed by atoms with Gasteiger partial charge in [-0.1, -0.05) is 36.4 Å². The number of hydrogen-bond donors (Lipinski definition) is 0. The van der Waals surface area contributed by atoms with Crippen LogP contribution in [0, 0.1) is 0 Å². The van der Waals surface area contributed by atoms with Crippen molar-refractivity contribution in [1.82, 2.24) is 4.98 Å². The molecule has 0 atom stereocenters. The van der Waals surface area contributed by atoms with Gasteiger partial charge in [-0.05, 0) is 53.6 Å². The lowest BCUT2D eigenvalue weighted by Gasteiger charge is -2.03. The van der Waals surface area contributed by atoms with Crippen LogP contribution in [0.15, 0.2) is 101 Å². The van der Waals surface area contributed by atoms with Crippen molar-refractivity contribution in [3.8, 4) is 0 Å². The number of pyridine rings is 1. The highest BCUT2D eigenvalue weighted by Gasteiger charge is 1.99. The highest BCUT2D eigenvalue weighted by molar-refractivity contribution is 5.90. The fraction of sp³-hybridized carbons (Fsp3) is 0.0455. The Balaban J connectivity index is 1.77. The Bertz CT molecular complexity index is 852. The van der Waals surface area contributed by atoms with E-state index in [-0.39, 0.29) is 0 Å². The monoisotopic (exact) mass is 325 g/mol. The molecule has 0 radical (unpaired) electrons. The summed E-state index contributed by atoms with van der Waals surface area (Å²) in [6, 6.07) is 23.8. The van der Waals surface area contributed by atoms with E-state index in [2.05, 4.69) is 15.0 Å². The molecule has 0 saturated heterocycles. The lowest BCUT2D eigenvalue weighted by molar-refractivity contribution is 1.31. The molecule has 1 heterocycles. The van der Waals surface area contributed by atoms with Crippen LogP contribution in [0.1, 0.15) is 12.0 Å². The minimum absolute atomic E-state index is 0.722. The van der Waals surface area contributed by atoms with Gasteiger partial charge in [0, 0.05) is 31.2 Å². The van der Waals surface area contributed by atoms with Crippen molar-refractivity contribution in [3.05, 3.63) is 96.8 Å². The number of aromatic nitrogens is 1. The van der Waals surface area contributed by atoms with Gasteiger partial charge in [0.25, 0.3) is 0 Å². The Morgan fingerprint density at radius 3 is 2.00 bits per heavy atom. The number of nitrogens with zero attached hydrogens (tertiary/aromatic N) is 3. The Labute approximate surface area is 148 Å². The second kappa shape index (κ2) is 9.08.